The predicted octanol–water partition coefficient (Wildman–Crippen LogP) is 4.21. The van der Waals surface area contributed by atoms with Crippen molar-refractivity contribution in [2.24, 2.45) is 0 Å². The van der Waals surface area contributed by atoms with Gasteiger partial charge in [0.05, 0.1) is 6.04 Å². The van der Waals surface area contributed by atoms with Gasteiger partial charge < -0.3 is 10.1 Å². The van der Waals surface area contributed by atoms with Crippen molar-refractivity contribution in [2.45, 2.75) is 26.8 Å². The molecular weight excluding hydrogens is 298 g/mol. The molecule has 22 heavy (non-hydrogen) atoms. The number of carbonyl (C=O) groups is 1. The van der Waals surface area contributed by atoms with Gasteiger partial charge in [-0.1, -0.05) is 41.9 Å². The van der Waals surface area contributed by atoms with Crippen LogP contribution in [0.25, 0.3) is 0 Å². The van der Waals surface area contributed by atoms with Crippen molar-refractivity contribution in [3.63, 3.8) is 0 Å². The Morgan fingerprint density at radius 3 is 2.32 bits per heavy atom. The van der Waals surface area contributed by atoms with Gasteiger partial charge in [0, 0.05) is 5.02 Å². The molecule has 0 aliphatic rings. The molecule has 0 aromatic heterocycles. The second kappa shape index (κ2) is 7.32. The third-order valence-corrected chi connectivity index (χ3v) is 3.76. The van der Waals surface area contributed by atoms with Gasteiger partial charge in [0.1, 0.15) is 5.75 Å². The minimum Gasteiger partial charge on any atom is -0.483 e. The molecule has 0 saturated carbocycles. The first-order chi connectivity index (χ1) is 10.5. The maximum Gasteiger partial charge on any atom is 0.258 e. The standard InChI is InChI=1S/C18H20ClNO2/c1-12-5-4-6-13(2)18(12)22-11-17(21)20-14(3)15-7-9-16(19)10-8-15/h4-10,14H,11H2,1-3H3,(H,20,21)/t14-/m1/s1. The monoisotopic (exact) mass is 317 g/mol. The summed E-state index contributed by atoms with van der Waals surface area (Å²) >= 11 is 5.86. The van der Waals surface area contributed by atoms with Crippen LogP contribution >= 0.6 is 11.6 Å². The molecule has 0 bridgehead atoms. The summed E-state index contributed by atoms with van der Waals surface area (Å²) in [6.07, 6.45) is 0. The lowest BCUT2D eigenvalue weighted by atomic mass is 10.1. The number of halogens is 1. The Kier molecular flexibility index (Phi) is 5.45. The lowest BCUT2D eigenvalue weighted by Crippen LogP contribution is -2.31. The van der Waals surface area contributed by atoms with Crippen molar-refractivity contribution in [1.29, 1.82) is 0 Å². The summed E-state index contributed by atoms with van der Waals surface area (Å²) in [6, 6.07) is 13.2. The van der Waals surface area contributed by atoms with Gasteiger partial charge >= 0.3 is 0 Å². The smallest absolute Gasteiger partial charge is 0.258 e. The van der Waals surface area contributed by atoms with Crippen LogP contribution in [-0.2, 0) is 4.79 Å². The average molecular weight is 318 g/mol. The zero-order valence-electron chi connectivity index (χ0n) is 13.0. The first-order valence-corrected chi connectivity index (χ1v) is 7.59. The van der Waals surface area contributed by atoms with Gasteiger partial charge in [-0.25, -0.2) is 0 Å². The van der Waals surface area contributed by atoms with Crippen molar-refractivity contribution < 1.29 is 9.53 Å². The van der Waals surface area contributed by atoms with Crippen molar-refractivity contribution >= 4 is 17.5 Å². The van der Waals surface area contributed by atoms with Gasteiger partial charge in [-0.15, -0.1) is 0 Å². The predicted molar refractivity (Wildman–Crippen MR) is 89.4 cm³/mol. The Morgan fingerprint density at radius 1 is 1.14 bits per heavy atom. The minimum atomic E-state index is -0.148. The van der Waals surface area contributed by atoms with Crippen LogP contribution in [0.2, 0.25) is 5.02 Å². The van der Waals surface area contributed by atoms with E-state index in [1.165, 1.54) is 0 Å². The SMILES string of the molecule is Cc1cccc(C)c1OCC(=O)N[C@H](C)c1ccc(Cl)cc1. The second-order valence-corrected chi connectivity index (χ2v) is 5.79. The second-order valence-electron chi connectivity index (χ2n) is 5.35. The highest BCUT2D eigenvalue weighted by molar-refractivity contribution is 6.30. The molecule has 2 aromatic rings. The van der Waals surface area contributed by atoms with Gasteiger partial charge in [0.2, 0.25) is 0 Å². The fourth-order valence-corrected chi connectivity index (χ4v) is 2.41. The van der Waals surface area contributed by atoms with E-state index in [0.717, 1.165) is 22.4 Å². The molecule has 0 unspecified atom stereocenters. The Balaban J connectivity index is 1.91. The molecule has 0 spiro atoms. The number of nitrogens with one attached hydrogen (secondary N) is 1. The van der Waals surface area contributed by atoms with Gasteiger partial charge in [-0.2, -0.15) is 0 Å². The molecule has 3 nitrogen and oxygen atoms in total. The number of para-hydroxylation sites is 1. The van der Waals surface area contributed by atoms with E-state index >= 15 is 0 Å². The fraction of sp³-hybridized carbons (Fsp3) is 0.278. The summed E-state index contributed by atoms with van der Waals surface area (Å²) in [5.74, 6) is 0.627. The Bertz CT molecular complexity index is 632. The molecular formula is C18H20ClNO2. The first kappa shape index (κ1) is 16.4. The van der Waals surface area contributed by atoms with Crippen LogP contribution in [-0.4, -0.2) is 12.5 Å². The van der Waals surface area contributed by atoms with E-state index < -0.39 is 0 Å². The van der Waals surface area contributed by atoms with Crippen molar-refractivity contribution in [1.82, 2.24) is 5.32 Å². The molecule has 2 aromatic carbocycles. The lowest BCUT2D eigenvalue weighted by Gasteiger charge is -2.16. The van der Waals surface area contributed by atoms with E-state index in [-0.39, 0.29) is 18.6 Å². The average Bonchev–Trinajstić information content (AvgIpc) is 2.47. The van der Waals surface area contributed by atoms with Crippen LogP contribution in [0.4, 0.5) is 0 Å². The van der Waals surface area contributed by atoms with E-state index in [9.17, 15) is 4.79 Å². The van der Waals surface area contributed by atoms with Gasteiger partial charge in [0.15, 0.2) is 6.61 Å². The summed E-state index contributed by atoms with van der Waals surface area (Å²) in [6.45, 7) is 5.87. The number of amides is 1. The molecule has 1 N–H and O–H groups in total. The van der Waals surface area contributed by atoms with E-state index in [4.69, 9.17) is 16.3 Å². The van der Waals surface area contributed by atoms with Crippen LogP contribution < -0.4 is 10.1 Å². The number of benzene rings is 2. The van der Waals surface area contributed by atoms with Crippen molar-refractivity contribution in [2.75, 3.05) is 6.61 Å². The van der Waals surface area contributed by atoms with E-state index in [1.807, 2.05) is 63.2 Å². The third-order valence-electron chi connectivity index (χ3n) is 3.50. The third kappa shape index (κ3) is 4.25. The highest BCUT2D eigenvalue weighted by Crippen LogP contribution is 2.22. The molecule has 4 heteroatoms. The Hall–Kier alpha value is -2.00. The highest BCUT2D eigenvalue weighted by Gasteiger charge is 2.11. The van der Waals surface area contributed by atoms with Crippen molar-refractivity contribution in [3.8, 4) is 5.75 Å². The minimum absolute atomic E-state index is 0.00359. The highest BCUT2D eigenvalue weighted by atomic mass is 35.5. The van der Waals surface area contributed by atoms with E-state index in [1.54, 1.807) is 0 Å². The Labute approximate surface area is 136 Å². The molecule has 2 rings (SSSR count). The number of hydrogen-bond donors (Lipinski definition) is 1. The summed E-state index contributed by atoms with van der Waals surface area (Å²) < 4.78 is 5.65. The summed E-state index contributed by atoms with van der Waals surface area (Å²) in [4.78, 5) is 12.0. The van der Waals surface area contributed by atoms with E-state index in [0.29, 0.717) is 5.02 Å². The maximum atomic E-state index is 12.0. The summed E-state index contributed by atoms with van der Waals surface area (Å²) in [5, 5.41) is 3.60. The number of aryl methyl sites for hydroxylation is 2. The number of carbonyl (C=O) groups excluding carboxylic acids is 1. The number of hydrogen-bond acceptors (Lipinski definition) is 2. The molecule has 0 saturated heterocycles. The molecule has 1 atom stereocenters. The zero-order chi connectivity index (χ0) is 16.1. The number of ether oxygens (including phenoxy) is 1. The summed E-state index contributed by atoms with van der Waals surface area (Å²) in [7, 11) is 0. The largest absolute Gasteiger partial charge is 0.483 e. The molecule has 0 aliphatic heterocycles. The van der Waals surface area contributed by atoms with Gasteiger partial charge in [-0.3, -0.25) is 4.79 Å². The molecule has 1 amide bonds. The van der Waals surface area contributed by atoms with Crippen LogP contribution in [0.1, 0.15) is 29.7 Å². The quantitative estimate of drug-likeness (QED) is 0.897. The maximum absolute atomic E-state index is 12.0. The number of rotatable bonds is 5. The first-order valence-electron chi connectivity index (χ1n) is 7.21. The topological polar surface area (TPSA) is 38.3 Å². The van der Waals surface area contributed by atoms with Crippen LogP contribution in [0.15, 0.2) is 42.5 Å². The zero-order valence-corrected chi connectivity index (χ0v) is 13.8. The van der Waals surface area contributed by atoms with Crippen LogP contribution in [0.5, 0.6) is 5.75 Å². The van der Waals surface area contributed by atoms with Gasteiger partial charge in [-0.05, 0) is 49.6 Å². The van der Waals surface area contributed by atoms with Crippen molar-refractivity contribution in [3.05, 3.63) is 64.2 Å². The molecule has 0 fully saturated rings. The summed E-state index contributed by atoms with van der Waals surface area (Å²) in [5.41, 5.74) is 3.06. The molecule has 0 radical (unpaired) electrons. The van der Waals surface area contributed by atoms with Crippen LogP contribution in [0.3, 0.4) is 0 Å². The van der Waals surface area contributed by atoms with Gasteiger partial charge in [0.25, 0.3) is 5.91 Å². The normalized spacial score (nSPS) is 11.8. The Morgan fingerprint density at radius 2 is 1.73 bits per heavy atom. The van der Waals surface area contributed by atoms with E-state index in [2.05, 4.69) is 5.32 Å². The lowest BCUT2D eigenvalue weighted by molar-refractivity contribution is -0.123. The fourth-order valence-electron chi connectivity index (χ4n) is 2.28. The molecule has 116 valence electrons. The molecule has 0 heterocycles. The molecule has 0 aliphatic carbocycles. The van der Waals surface area contributed by atoms with Crippen LogP contribution in [0, 0.1) is 13.8 Å².